The fourth-order valence-corrected chi connectivity index (χ4v) is 3.84. The summed E-state index contributed by atoms with van der Waals surface area (Å²) in [6, 6.07) is 15.1. The minimum atomic E-state index is -0.466. The molecule has 4 aromatic rings. The number of aliphatic imine (C=N–C) groups is 1. The van der Waals surface area contributed by atoms with E-state index < -0.39 is 6.04 Å². The zero-order valence-electron chi connectivity index (χ0n) is 18.1. The van der Waals surface area contributed by atoms with Crippen LogP contribution in [0.25, 0.3) is 0 Å². The number of nitrogens with zero attached hydrogens (tertiary/aromatic N) is 4. The molecule has 1 atom stereocenters. The van der Waals surface area contributed by atoms with Gasteiger partial charge in [-0.25, -0.2) is 9.98 Å². The molecule has 0 aliphatic heterocycles. The highest BCUT2D eigenvalue weighted by Gasteiger charge is 2.18. The highest BCUT2D eigenvalue weighted by Crippen LogP contribution is 2.30. The number of halogens is 4. The van der Waals surface area contributed by atoms with Crippen LogP contribution in [-0.4, -0.2) is 26.4 Å². The van der Waals surface area contributed by atoms with Gasteiger partial charge < -0.3 is 9.88 Å². The second-order valence-corrected chi connectivity index (χ2v) is 8.52. The van der Waals surface area contributed by atoms with E-state index >= 15 is 0 Å². The van der Waals surface area contributed by atoms with Crippen LogP contribution in [0.4, 0.5) is 5.69 Å². The van der Waals surface area contributed by atoms with Crippen LogP contribution < -0.4 is 10.6 Å². The third-order valence-corrected chi connectivity index (χ3v) is 5.65. The van der Waals surface area contributed by atoms with Crippen molar-refractivity contribution in [3.63, 3.8) is 0 Å². The van der Waals surface area contributed by atoms with Crippen molar-refractivity contribution in [2.45, 2.75) is 12.6 Å². The third-order valence-electron chi connectivity index (χ3n) is 4.83. The Kier molecular flexibility index (Phi) is 9.51. The number of carbonyl (C=O) groups excluding carboxylic acids is 1. The molecular weight excluding hydrogens is 530 g/mol. The van der Waals surface area contributed by atoms with Crippen molar-refractivity contribution >= 4 is 64.8 Å². The molecule has 2 aromatic carbocycles. The van der Waals surface area contributed by atoms with Crippen molar-refractivity contribution in [3.05, 3.63) is 112 Å². The van der Waals surface area contributed by atoms with Crippen LogP contribution in [0.3, 0.4) is 0 Å². The van der Waals surface area contributed by atoms with Gasteiger partial charge in [-0.2, -0.15) is 0 Å². The van der Waals surface area contributed by atoms with E-state index in [2.05, 4.69) is 20.6 Å². The second-order valence-electron chi connectivity index (χ2n) is 7.24. The lowest BCUT2D eigenvalue weighted by Crippen LogP contribution is -2.36. The number of pyridine rings is 1. The summed E-state index contributed by atoms with van der Waals surface area (Å²) >= 11 is 18.6. The summed E-state index contributed by atoms with van der Waals surface area (Å²) in [7, 11) is 0. The molecule has 1 amide bonds. The number of anilines is 1. The predicted molar refractivity (Wildman–Crippen MR) is 143 cm³/mol. The average molecular weight is 550 g/mol. The van der Waals surface area contributed by atoms with E-state index in [0.29, 0.717) is 32.9 Å². The van der Waals surface area contributed by atoms with Gasteiger partial charge in [0, 0.05) is 51.1 Å². The normalized spacial score (nSPS) is 11.9. The van der Waals surface area contributed by atoms with Gasteiger partial charge in [0.25, 0.3) is 5.91 Å². The first kappa shape index (κ1) is 26.5. The first-order valence-corrected chi connectivity index (χ1v) is 11.3. The molecule has 2 heterocycles. The summed E-state index contributed by atoms with van der Waals surface area (Å²) in [5.41, 5.74) is 1.88. The molecule has 0 aliphatic carbocycles. The zero-order chi connectivity index (χ0) is 23.9. The number of rotatable bonds is 6. The maximum absolute atomic E-state index is 12.9. The van der Waals surface area contributed by atoms with Crippen LogP contribution in [0.2, 0.25) is 15.1 Å². The van der Waals surface area contributed by atoms with Crippen LogP contribution in [0.5, 0.6) is 0 Å². The zero-order valence-corrected chi connectivity index (χ0v) is 21.2. The van der Waals surface area contributed by atoms with Crippen LogP contribution in [0, 0.1) is 0 Å². The number of carbonyl (C=O) groups is 1. The number of nitrogens with one attached hydrogen (secondary N) is 2. The van der Waals surface area contributed by atoms with Gasteiger partial charge in [0.15, 0.2) is 0 Å². The maximum atomic E-state index is 12.9. The standard InChI is InChI=1S/C24H19Cl3N6O.ClH/c25-17-1-4-19(5-2-17)30-24(32-23(34)16-7-9-28-10-8-16)31-22(14-33-12-11-29-15-33)20-6-3-18(26)13-21(20)27;/h1-13,15,22H,14H2,(H2,30,31,32,34);1H. The van der Waals surface area contributed by atoms with Crippen molar-refractivity contribution in [2.24, 2.45) is 4.99 Å². The number of benzene rings is 2. The largest absolute Gasteiger partial charge is 0.335 e. The van der Waals surface area contributed by atoms with Crippen molar-refractivity contribution in [3.8, 4) is 0 Å². The van der Waals surface area contributed by atoms with Crippen LogP contribution in [0.1, 0.15) is 22.0 Å². The average Bonchev–Trinajstić information content (AvgIpc) is 3.34. The first-order valence-electron chi connectivity index (χ1n) is 10.2. The lowest BCUT2D eigenvalue weighted by atomic mass is 10.1. The topological polar surface area (TPSA) is 84.2 Å². The van der Waals surface area contributed by atoms with E-state index in [9.17, 15) is 4.79 Å². The summed E-state index contributed by atoms with van der Waals surface area (Å²) in [6.07, 6.45) is 8.30. The summed E-state index contributed by atoms with van der Waals surface area (Å²) < 4.78 is 1.88. The molecule has 2 aromatic heterocycles. The Morgan fingerprint density at radius 1 is 0.943 bits per heavy atom. The monoisotopic (exact) mass is 548 g/mol. The van der Waals surface area contributed by atoms with E-state index in [1.807, 2.05) is 16.8 Å². The number of hydrogen-bond donors (Lipinski definition) is 2. The molecule has 0 saturated heterocycles. The van der Waals surface area contributed by atoms with Gasteiger partial charge >= 0.3 is 0 Å². The van der Waals surface area contributed by atoms with Crippen LogP contribution in [0.15, 0.2) is 90.7 Å². The summed E-state index contributed by atoms with van der Waals surface area (Å²) in [5, 5.41) is 7.60. The quantitative estimate of drug-likeness (QED) is 0.218. The molecule has 0 bridgehead atoms. The van der Waals surface area contributed by atoms with Gasteiger partial charge in [0.1, 0.15) is 0 Å². The minimum absolute atomic E-state index is 0. The van der Waals surface area contributed by atoms with E-state index in [0.717, 1.165) is 5.56 Å². The highest BCUT2D eigenvalue weighted by atomic mass is 35.5. The molecule has 0 spiro atoms. The van der Waals surface area contributed by atoms with E-state index in [4.69, 9.17) is 39.8 Å². The van der Waals surface area contributed by atoms with Crippen LogP contribution >= 0.6 is 47.2 Å². The fourth-order valence-electron chi connectivity index (χ4n) is 3.18. The Balaban J connectivity index is 0.00000342. The van der Waals surface area contributed by atoms with E-state index in [1.54, 1.807) is 73.4 Å². The Bertz CT molecular complexity index is 1280. The fraction of sp³-hybridized carbons (Fsp3) is 0.0833. The highest BCUT2D eigenvalue weighted by molar-refractivity contribution is 6.35. The molecule has 35 heavy (non-hydrogen) atoms. The SMILES string of the molecule is Cl.O=C(NC(=NC(Cn1ccnc1)c1ccc(Cl)cc1Cl)Nc1ccc(Cl)cc1)c1ccncc1. The molecule has 1 unspecified atom stereocenters. The number of hydrogen-bond acceptors (Lipinski definition) is 4. The number of aromatic nitrogens is 3. The second kappa shape index (κ2) is 12.6. The van der Waals surface area contributed by atoms with Gasteiger partial charge in [-0.05, 0) is 54.1 Å². The summed E-state index contributed by atoms with van der Waals surface area (Å²) in [4.78, 5) is 25.8. The molecule has 11 heteroatoms. The molecular formula is C24H20Cl4N6O. The van der Waals surface area contributed by atoms with Gasteiger partial charge in [-0.15, -0.1) is 12.4 Å². The molecule has 0 radical (unpaired) electrons. The molecule has 180 valence electrons. The molecule has 0 fully saturated rings. The van der Waals surface area contributed by atoms with Crippen molar-refractivity contribution in [1.82, 2.24) is 19.9 Å². The first-order chi connectivity index (χ1) is 16.5. The Morgan fingerprint density at radius 3 is 2.31 bits per heavy atom. The van der Waals surface area contributed by atoms with Gasteiger partial charge in [-0.3, -0.25) is 15.1 Å². The van der Waals surface area contributed by atoms with Gasteiger partial charge in [0.05, 0.1) is 18.9 Å². The Hall–Kier alpha value is -3.10. The molecule has 0 saturated carbocycles. The van der Waals surface area contributed by atoms with Crippen LogP contribution in [-0.2, 0) is 6.54 Å². The van der Waals surface area contributed by atoms with Gasteiger partial charge in [-0.1, -0.05) is 40.9 Å². The lowest BCUT2D eigenvalue weighted by Gasteiger charge is -2.19. The Labute approximate surface area is 223 Å². The van der Waals surface area contributed by atoms with Gasteiger partial charge in [0.2, 0.25) is 5.96 Å². The minimum Gasteiger partial charge on any atom is -0.335 e. The summed E-state index contributed by atoms with van der Waals surface area (Å²) in [5.74, 6) is -0.105. The number of amides is 1. The lowest BCUT2D eigenvalue weighted by molar-refractivity contribution is 0.0976. The number of guanidine groups is 1. The van der Waals surface area contributed by atoms with Crippen molar-refractivity contribution in [2.75, 3.05) is 5.32 Å². The molecule has 4 rings (SSSR count). The predicted octanol–water partition coefficient (Wildman–Crippen LogP) is 6.30. The van der Waals surface area contributed by atoms with Crippen molar-refractivity contribution < 1.29 is 4.79 Å². The third kappa shape index (κ3) is 7.44. The number of imidazole rings is 1. The molecule has 0 aliphatic rings. The maximum Gasteiger partial charge on any atom is 0.258 e. The Morgan fingerprint density at radius 2 is 1.66 bits per heavy atom. The molecule has 7 nitrogen and oxygen atoms in total. The summed E-state index contributed by atoms with van der Waals surface area (Å²) in [6.45, 7) is 0.429. The van der Waals surface area contributed by atoms with Crippen molar-refractivity contribution in [1.29, 1.82) is 0 Å². The smallest absolute Gasteiger partial charge is 0.258 e. The van der Waals surface area contributed by atoms with E-state index in [-0.39, 0.29) is 24.3 Å². The molecule has 2 N–H and O–H groups in total. The van der Waals surface area contributed by atoms with E-state index in [1.165, 1.54) is 0 Å².